The maximum absolute atomic E-state index is 3.31. The molecule has 0 radical (unpaired) electrons. The van der Waals surface area contributed by atoms with Gasteiger partial charge < -0.3 is 5.32 Å². The Balaban J connectivity index is 4.55. The lowest BCUT2D eigenvalue weighted by Gasteiger charge is -2.18. The molecule has 1 unspecified atom stereocenters. The molecule has 0 amide bonds. The van der Waals surface area contributed by atoms with Gasteiger partial charge >= 0.3 is 0 Å². The van der Waals surface area contributed by atoms with Crippen molar-refractivity contribution in [2.45, 2.75) is 40.2 Å². The van der Waals surface area contributed by atoms with Gasteiger partial charge in [0.15, 0.2) is 0 Å². The number of nitrogens with one attached hydrogen (secondary N) is 1. The van der Waals surface area contributed by atoms with Gasteiger partial charge in [-0.15, -0.1) is 0 Å². The first-order valence-corrected chi connectivity index (χ1v) is 4.67. The minimum Gasteiger partial charge on any atom is -0.313 e. The highest BCUT2D eigenvalue weighted by atomic mass is 14.9. The molecule has 0 aromatic carbocycles. The monoisotopic (exact) mass is 167 g/mol. The Morgan fingerprint density at radius 3 is 2.17 bits per heavy atom. The summed E-state index contributed by atoms with van der Waals surface area (Å²) in [6.45, 7) is 8.55. The van der Waals surface area contributed by atoms with Crippen molar-refractivity contribution >= 4 is 0 Å². The quantitative estimate of drug-likeness (QED) is 0.635. The molecular formula is C11H21N. The smallest absolute Gasteiger partial charge is 0.0314 e. The van der Waals surface area contributed by atoms with Crippen molar-refractivity contribution in [1.29, 1.82) is 0 Å². The van der Waals surface area contributed by atoms with Crippen molar-refractivity contribution < 1.29 is 0 Å². The molecule has 0 aromatic heterocycles. The van der Waals surface area contributed by atoms with Crippen molar-refractivity contribution in [1.82, 2.24) is 5.32 Å². The molecule has 1 nitrogen and oxygen atoms in total. The van der Waals surface area contributed by atoms with Crippen LogP contribution in [0.1, 0.15) is 34.1 Å². The first kappa shape index (κ1) is 11.4. The van der Waals surface area contributed by atoms with E-state index in [1.54, 1.807) is 0 Å². The van der Waals surface area contributed by atoms with Gasteiger partial charge in [0.2, 0.25) is 0 Å². The van der Waals surface area contributed by atoms with Crippen LogP contribution in [0.5, 0.6) is 0 Å². The van der Waals surface area contributed by atoms with Gasteiger partial charge in [-0.2, -0.15) is 0 Å². The Hall–Kier alpha value is -0.560. The topological polar surface area (TPSA) is 12.0 Å². The van der Waals surface area contributed by atoms with E-state index in [1.807, 2.05) is 7.05 Å². The highest BCUT2D eigenvalue weighted by molar-refractivity contribution is 5.32. The second-order valence-corrected chi connectivity index (χ2v) is 2.97. The van der Waals surface area contributed by atoms with Gasteiger partial charge in [0.05, 0.1) is 0 Å². The van der Waals surface area contributed by atoms with Gasteiger partial charge in [-0.3, -0.25) is 0 Å². The van der Waals surface area contributed by atoms with Crippen molar-refractivity contribution in [3.8, 4) is 0 Å². The SMILES string of the molecule is C/C=C(C)\C(=C/C)C(CC)NC. The minimum absolute atomic E-state index is 0.506. The van der Waals surface area contributed by atoms with E-state index < -0.39 is 0 Å². The Morgan fingerprint density at radius 1 is 1.33 bits per heavy atom. The van der Waals surface area contributed by atoms with E-state index in [0.717, 1.165) is 6.42 Å². The average molecular weight is 167 g/mol. The van der Waals surface area contributed by atoms with Gasteiger partial charge in [0, 0.05) is 6.04 Å². The molecule has 0 aromatic rings. The van der Waals surface area contributed by atoms with E-state index in [-0.39, 0.29) is 0 Å². The molecule has 0 saturated heterocycles. The van der Waals surface area contributed by atoms with E-state index in [2.05, 4.69) is 45.2 Å². The zero-order valence-electron chi connectivity index (χ0n) is 8.94. The van der Waals surface area contributed by atoms with Crippen LogP contribution in [0.4, 0.5) is 0 Å². The van der Waals surface area contributed by atoms with Crippen LogP contribution < -0.4 is 5.32 Å². The predicted molar refractivity (Wildman–Crippen MR) is 56.3 cm³/mol. The minimum atomic E-state index is 0.506. The molecule has 0 aliphatic carbocycles. The predicted octanol–water partition coefficient (Wildman–Crippen LogP) is 2.90. The first-order valence-electron chi connectivity index (χ1n) is 4.67. The Labute approximate surface area is 76.6 Å². The maximum atomic E-state index is 3.31. The summed E-state index contributed by atoms with van der Waals surface area (Å²) < 4.78 is 0. The molecule has 0 saturated carbocycles. The molecule has 70 valence electrons. The van der Waals surface area contributed by atoms with Crippen molar-refractivity contribution in [3.63, 3.8) is 0 Å². The normalized spacial score (nSPS) is 16.4. The van der Waals surface area contributed by atoms with Gasteiger partial charge in [0.1, 0.15) is 0 Å². The number of hydrogen-bond acceptors (Lipinski definition) is 1. The van der Waals surface area contributed by atoms with Crippen LogP contribution in [0.2, 0.25) is 0 Å². The van der Waals surface area contributed by atoms with Crippen LogP contribution >= 0.6 is 0 Å². The molecule has 1 atom stereocenters. The van der Waals surface area contributed by atoms with Crippen molar-refractivity contribution in [3.05, 3.63) is 23.3 Å². The number of likely N-dealkylation sites (N-methyl/N-ethyl adjacent to an activating group) is 1. The van der Waals surface area contributed by atoms with Crippen LogP contribution in [0.3, 0.4) is 0 Å². The molecule has 0 fully saturated rings. The van der Waals surface area contributed by atoms with E-state index >= 15 is 0 Å². The third-order valence-electron chi connectivity index (χ3n) is 2.33. The van der Waals surface area contributed by atoms with Crippen LogP contribution in [-0.4, -0.2) is 13.1 Å². The third-order valence-corrected chi connectivity index (χ3v) is 2.33. The van der Waals surface area contributed by atoms with E-state index in [0.29, 0.717) is 6.04 Å². The summed E-state index contributed by atoms with van der Waals surface area (Å²) in [5.74, 6) is 0. The largest absolute Gasteiger partial charge is 0.313 e. The Kier molecular flexibility index (Phi) is 5.73. The van der Waals surface area contributed by atoms with E-state index in [1.165, 1.54) is 11.1 Å². The zero-order valence-corrected chi connectivity index (χ0v) is 8.94. The molecule has 1 heteroatoms. The van der Waals surface area contributed by atoms with E-state index in [4.69, 9.17) is 0 Å². The molecule has 0 rings (SSSR count). The fourth-order valence-electron chi connectivity index (χ4n) is 1.45. The molecule has 0 aliphatic rings. The number of rotatable bonds is 4. The van der Waals surface area contributed by atoms with Gasteiger partial charge in [-0.25, -0.2) is 0 Å². The lowest BCUT2D eigenvalue weighted by atomic mass is 9.97. The number of hydrogen-bond donors (Lipinski definition) is 1. The summed E-state index contributed by atoms with van der Waals surface area (Å²) in [5, 5.41) is 3.31. The fraction of sp³-hybridized carbons (Fsp3) is 0.636. The standard InChI is InChI=1S/C11H21N/c1-6-9(4)10(7-2)11(8-3)12-5/h6-7,11-12H,8H2,1-5H3/b9-6-,10-7+. The number of allylic oxidation sites excluding steroid dienone is 2. The van der Waals surface area contributed by atoms with Gasteiger partial charge in [-0.1, -0.05) is 24.6 Å². The molecule has 1 N–H and O–H groups in total. The Bertz CT molecular complexity index is 173. The second-order valence-electron chi connectivity index (χ2n) is 2.97. The molecule has 0 bridgehead atoms. The van der Waals surface area contributed by atoms with Crippen molar-refractivity contribution in [2.75, 3.05) is 7.05 Å². The summed E-state index contributed by atoms with van der Waals surface area (Å²) in [6, 6.07) is 0.506. The van der Waals surface area contributed by atoms with E-state index in [9.17, 15) is 0 Å². The van der Waals surface area contributed by atoms with Gasteiger partial charge in [0.25, 0.3) is 0 Å². The highest BCUT2D eigenvalue weighted by Crippen LogP contribution is 2.15. The molecule has 0 heterocycles. The second kappa shape index (κ2) is 6.01. The molecule has 0 spiro atoms. The third kappa shape index (κ3) is 2.82. The summed E-state index contributed by atoms with van der Waals surface area (Å²) in [7, 11) is 2.01. The van der Waals surface area contributed by atoms with Crippen LogP contribution in [-0.2, 0) is 0 Å². The fourth-order valence-corrected chi connectivity index (χ4v) is 1.45. The van der Waals surface area contributed by atoms with Crippen LogP contribution in [0.25, 0.3) is 0 Å². The molecule has 0 aliphatic heterocycles. The van der Waals surface area contributed by atoms with Gasteiger partial charge in [-0.05, 0) is 39.8 Å². The summed E-state index contributed by atoms with van der Waals surface area (Å²) in [5.41, 5.74) is 2.79. The highest BCUT2D eigenvalue weighted by Gasteiger charge is 2.09. The molecule has 12 heavy (non-hydrogen) atoms. The lowest BCUT2D eigenvalue weighted by molar-refractivity contribution is 0.620. The summed E-state index contributed by atoms with van der Waals surface area (Å²) >= 11 is 0. The van der Waals surface area contributed by atoms with Crippen molar-refractivity contribution in [2.24, 2.45) is 0 Å². The summed E-state index contributed by atoms with van der Waals surface area (Å²) in [6.07, 6.45) is 5.50. The van der Waals surface area contributed by atoms with Crippen LogP contribution in [0.15, 0.2) is 23.3 Å². The Morgan fingerprint density at radius 2 is 1.92 bits per heavy atom. The average Bonchev–Trinajstić information content (AvgIpc) is 2.12. The lowest BCUT2D eigenvalue weighted by Crippen LogP contribution is -2.26. The van der Waals surface area contributed by atoms with Crippen LogP contribution in [0, 0.1) is 0 Å². The maximum Gasteiger partial charge on any atom is 0.0314 e. The summed E-state index contributed by atoms with van der Waals surface area (Å²) in [4.78, 5) is 0. The molecular weight excluding hydrogens is 146 g/mol. The first-order chi connectivity index (χ1) is 5.71. The zero-order chi connectivity index (χ0) is 9.56.